The van der Waals surface area contributed by atoms with Crippen LogP contribution < -0.4 is 11.1 Å². The average Bonchev–Trinajstić information content (AvgIpc) is 2.93. The summed E-state index contributed by atoms with van der Waals surface area (Å²) < 4.78 is 0. The molecule has 1 aliphatic rings. The lowest BCUT2D eigenvalue weighted by atomic mass is 9.78. The molecule has 0 bridgehead atoms. The monoisotopic (exact) mass is 330 g/mol. The zero-order chi connectivity index (χ0) is 17.2. The maximum absolute atomic E-state index is 12.7. The second kappa shape index (κ2) is 6.51. The number of nitrogen functional groups attached to an aromatic ring is 1. The van der Waals surface area contributed by atoms with E-state index in [0.717, 1.165) is 32.1 Å². The molecule has 0 spiro atoms. The van der Waals surface area contributed by atoms with E-state index in [1.54, 1.807) is 18.2 Å². The number of aromatic nitrogens is 2. The van der Waals surface area contributed by atoms with Crippen molar-refractivity contribution in [3.63, 3.8) is 0 Å². The highest BCUT2D eigenvalue weighted by molar-refractivity contribution is 5.98. The number of anilines is 1. The molecular formula is C17H22N4O3. The van der Waals surface area contributed by atoms with E-state index in [9.17, 15) is 9.59 Å². The van der Waals surface area contributed by atoms with Crippen molar-refractivity contribution < 1.29 is 14.7 Å². The highest BCUT2D eigenvalue weighted by Crippen LogP contribution is 2.32. The van der Waals surface area contributed by atoms with Gasteiger partial charge in [0, 0.05) is 17.5 Å². The van der Waals surface area contributed by atoms with E-state index >= 15 is 0 Å². The molecule has 0 saturated heterocycles. The van der Waals surface area contributed by atoms with Crippen LogP contribution in [-0.2, 0) is 4.79 Å². The van der Waals surface area contributed by atoms with Gasteiger partial charge in [0.25, 0.3) is 5.91 Å². The number of carboxylic acids is 1. The van der Waals surface area contributed by atoms with Crippen molar-refractivity contribution in [3.05, 3.63) is 23.8 Å². The Morgan fingerprint density at radius 1 is 1.29 bits per heavy atom. The maximum Gasteiger partial charge on any atom is 0.303 e. The first-order chi connectivity index (χ1) is 11.5. The highest BCUT2D eigenvalue weighted by atomic mass is 16.4. The van der Waals surface area contributed by atoms with Crippen molar-refractivity contribution in [1.29, 1.82) is 0 Å². The zero-order valence-corrected chi connectivity index (χ0v) is 13.5. The standard InChI is InChI=1S/C17H22N4O3/c18-16-19-12-5-4-11(10-13(12)20-16)15(24)21-17(9-6-14(22)23)7-2-1-3-8-17/h4-5,10H,1-3,6-9H2,(H,21,24)(H,22,23)(H3,18,19,20). The van der Waals surface area contributed by atoms with Gasteiger partial charge in [0.05, 0.1) is 11.0 Å². The summed E-state index contributed by atoms with van der Waals surface area (Å²) in [4.78, 5) is 30.7. The number of amides is 1. The third-order valence-electron chi connectivity index (χ3n) is 4.77. The van der Waals surface area contributed by atoms with Crippen LogP contribution in [0.1, 0.15) is 55.3 Å². The minimum Gasteiger partial charge on any atom is -0.481 e. The SMILES string of the molecule is Nc1nc2ccc(C(=O)NC3(CCC(=O)O)CCCCC3)cc2[nH]1. The molecule has 1 fully saturated rings. The van der Waals surface area contributed by atoms with Crippen LogP contribution in [0.15, 0.2) is 18.2 Å². The number of benzene rings is 1. The van der Waals surface area contributed by atoms with Crippen LogP contribution in [0, 0.1) is 0 Å². The van der Waals surface area contributed by atoms with E-state index in [4.69, 9.17) is 10.8 Å². The minimum absolute atomic E-state index is 0.0659. The van der Waals surface area contributed by atoms with Crippen molar-refractivity contribution in [1.82, 2.24) is 15.3 Å². The number of aliphatic carboxylic acids is 1. The number of nitrogens with two attached hydrogens (primary N) is 1. The van der Waals surface area contributed by atoms with Gasteiger partial charge in [-0.05, 0) is 37.5 Å². The smallest absolute Gasteiger partial charge is 0.303 e. The molecule has 1 aliphatic carbocycles. The summed E-state index contributed by atoms with van der Waals surface area (Å²) in [6, 6.07) is 5.19. The fourth-order valence-corrected chi connectivity index (χ4v) is 3.50. The first kappa shape index (κ1) is 16.3. The lowest BCUT2D eigenvalue weighted by molar-refractivity contribution is -0.137. The number of fused-ring (bicyclic) bond motifs is 1. The molecule has 0 atom stereocenters. The number of carbonyl (C=O) groups is 2. The molecule has 1 amide bonds. The Labute approximate surface area is 139 Å². The van der Waals surface area contributed by atoms with Crippen molar-refractivity contribution in [2.45, 2.75) is 50.5 Å². The van der Waals surface area contributed by atoms with Gasteiger partial charge in [-0.1, -0.05) is 19.3 Å². The van der Waals surface area contributed by atoms with E-state index < -0.39 is 11.5 Å². The van der Waals surface area contributed by atoms with Crippen molar-refractivity contribution in [3.8, 4) is 0 Å². The van der Waals surface area contributed by atoms with Gasteiger partial charge in [-0.2, -0.15) is 0 Å². The van der Waals surface area contributed by atoms with Gasteiger partial charge in [0.2, 0.25) is 0 Å². The molecule has 0 unspecified atom stereocenters. The number of H-pyrrole nitrogens is 1. The van der Waals surface area contributed by atoms with Crippen LogP contribution in [-0.4, -0.2) is 32.5 Å². The number of imidazole rings is 1. The van der Waals surface area contributed by atoms with Gasteiger partial charge >= 0.3 is 5.97 Å². The summed E-state index contributed by atoms with van der Waals surface area (Å²) >= 11 is 0. The predicted octanol–water partition coefficient (Wildman–Crippen LogP) is 2.44. The summed E-state index contributed by atoms with van der Waals surface area (Å²) in [5.41, 5.74) is 7.15. The largest absolute Gasteiger partial charge is 0.481 e. The van der Waals surface area contributed by atoms with E-state index in [0.29, 0.717) is 29.0 Å². The molecule has 0 aliphatic heterocycles. The minimum atomic E-state index is -0.830. The van der Waals surface area contributed by atoms with Gasteiger partial charge in [0.1, 0.15) is 0 Å². The molecule has 7 heteroatoms. The Morgan fingerprint density at radius 2 is 2.04 bits per heavy atom. The average molecular weight is 330 g/mol. The molecule has 24 heavy (non-hydrogen) atoms. The van der Waals surface area contributed by atoms with Crippen LogP contribution in [0.5, 0.6) is 0 Å². The van der Waals surface area contributed by atoms with Crippen LogP contribution in [0.4, 0.5) is 5.95 Å². The topological polar surface area (TPSA) is 121 Å². The van der Waals surface area contributed by atoms with Gasteiger partial charge in [0.15, 0.2) is 5.95 Å². The Hall–Kier alpha value is -2.57. The maximum atomic E-state index is 12.7. The lowest BCUT2D eigenvalue weighted by Crippen LogP contribution is -2.50. The second-order valence-electron chi connectivity index (χ2n) is 6.54. The number of hydrogen-bond donors (Lipinski definition) is 4. The lowest BCUT2D eigenvalue weighted by Gasteiger charge is -2.38. The van der Waals surface area contributed by atoms with E-state index in [-0.39, 0.29) is 12.3 Å². The van der Waals surface area contributed by atoms with Crippen molar-refractivity contribution in [2.24, 2.45) is 0 Å². The summed E-state index contributed by atoms with van der Waals surface area (Å²) in [5.74, 6) is -0.700. The van der Waals surface area contributed by atoms with Crippen molar-refractivity contribution >= 4 is 28.9 Å². The molecule has 5 N–H and O–H groups in total. The molecule has 1 saturated carbocycles. The molecule has 3 rings (SSSR count). The second-order valence-corrected chi connectivity index (χ2v) is 6.54. The van der Waals surface area contributed by atoms with Gasteiger partial charge in [-0.15, -0.1) is 0 Å². The Kier molecular flexibility index (Phi) is 4.42. The predicted molar refractivity (Wildman–Crippen MR) is 90.7 cm³/mol. The summed E-state index contributed by atoms with van der Waals surface area (Å²) in [5, 5.41) is 12.1. The summed E-state index contributed by atoms with van der Waals surface area (Å²) in [6.45, 7) is 0. The van der Waals surface area contributed by atoms with Crippen molar-refractivity contribution in [2.75, 3.05) is 5.73 Å². The molecule has 0 radical (unpaired) electrons. The number of carbonyl (C=O) groups excluding carboxylic acids is 1. The first-order valence-corrected chi connectivity index (χ1v) is 8.27. The number of carboxylic acid groups (broad SMARTS) is 1. The van der Waals surface area contributed by atoms with E-state index in [1.807, 2.05) is 0 Å². The number of aromatic amines is 1. The van der Waals surface area contributed by atoms with Gasteiger partial charge in [-0.25, -0.2) is 4.98 Å². The molecule has 7 nitrogen and oxygen atoms in total. The number of hydrogen-bond acceptors (Lipinski definition) is 4. The van der Waals surface area contributed by atoms with E-state index in [2.05, 4.69) is 15.3 Å². The van der Waals surface area contributed by atoms with E-state index in [1.165, 1.54) is 0 Å². The van der Waals surface area contributed by atoms with Crippen LogP contribution >= 0.6 is 0 Å². The molecule has 1 heterocycles. The fourth-order valence-electron chi connectivity index (χ4n) is 3.50. The highest BCUT2D eigenvalue weighted by Gasteiger charge is 2.34. The Morgan fingerprint density at radius 3 is 2.75 bits per heavy atom. The van der Waals surface area contributed by atoms with Gasteiger partial charge in [-0.3, -0.25) is 9.59 Å². The van der Waals surface area contributed by atoms with Crippen LogP contribution in [0.3, 0.4) is 0 Å². The third-order valence-corrected chi connectivity index (χ3v) is 4.77. The van der Waals surface area contributed by atoms with Gasteiger partial charge < -0.3 is 21.1 Å². The molecule has 1 aromatic carbocycles. The zero-order valence-electron chi connectivity index (χ0n) is 13.5. The Bertz CT molecular complexity index is 762. The third kappa shape index (κ3) is 3.50. The Balaban J connectivity index is 1.79. The number of nitrogens with one attached hydrogen (secondary N) is 2. The first-order valence-electron chi connectivity index (χ1n) is 8.27. The van der Waals surface area contributed by atoms with Crippen LogP contribution in [0.2, 0.25) is 0 Å². The molecular weight excluding hydrogens is 308 g/mol. The normalized spacial score (nSPS) is 16.8. The molecule has 1 aromatic heterocycles. The number of nitrogens with zero attached hydrogens (tertiary/aromatic N) is 1. The summed E-state index contributed by atoms with van der Waals surface area (Å²) in [6.07, 6.45) is 5.33. The summed E-state index contributed by atoms with van der Waals surface area (Å²) in [7, 11) is 0. The number of rotatable bonds is 5. The quantitative estimate of drug-likeness (QED) is 0.671. The molecule has 2 aromatic rings. The molecule has 128 valence electrons. The van der Waals surface area contributed by atoms with Crippen LogP contribution in [0.25, 0.3) is 11.0 Å². The fraction of sp³-hybridized carbons (Fsp3) is 0.471.